The Labute approximate surface area is 94.3 Å². The van der Waals surface area contributed by atoms with Crippen LogP contribution < -0.4 is 5.32 Å². The van der Waals surface area contributed by atoms with Crippen molar-refractivity contribution in [1.29, 1.82) is 0 Å². The maximum atomic E-state index is 3.76. The van der Waals surface area contributed by atoms with E-state index in [4.69, 9.17) is 0 Å². The fraction of sp³-hybridized carbons (Fsp3) is 0.857. The maximum Gasteiger partial charge on any atom is 0.0124 e. The van der Waals surface area contributed by atoms with Crippen LogP contribution >= 0.6 is 0 Å². The largest absolute Gasteiger partial charge is 0.313 e. The molecule has 15 heavy (non-hydrogen) atoms. The summed E-state index contributed by atoms with van der Waals surface area (Å²) in [6.45, 7) is 3.28. The number of nitrogens with one attached hydrogen (secondary N) is 1. The van der Waals surface area contributed by atoms with Gasteiger partial charge in [-0.25, -0.2) is 0 Å². The van der Waals surface area contributed by atoms with Crippen molar-refractivity contribution in [3.8, 4) is 0 Å². The van der Waals surface area contributed by atoms with Gasteiger partial charge in [0.15, 0.2) is 0 Å². The summed E-state index contributed by atoms with van der Waals surface area (Å²) in [7, 11) is 0. The molecule has 2 aliphatic carbocycles. The molecule has 1 nitrogen and oxygen atoms in total. The average Bonchev–Trinajstić information content (AvgIpc) is 2.28. The van der Waals surface area contributed by atoms with Gasteiger partial charge in [-0.3, -0.25) is 0 Å². The molecule has 2 rings (SSSR count). The van der Waals surface area contributed by atoms with Crippen molar-refractivity contribution in [1.82, 2.24) is 5.32 Å². The Morgan fingerprint density at radius 1 is 1.20 bits per heavy atom. The number of hydrogen-bond acceptors (Lipinski definition) is 1. The molecule has 0 radical (unpaired) electrons. The standard InChI is InChI=1S/C14H25N/c1-2-3-7-12-15-13-8-11-14(13)9-5-4-6-10-14/h2-3,13,15H,4-12H2,1H3/b3-2+. The smallest absolute Gasteiger partial charge is 0.0124 e. The summed E-state index contributed by atoms with van der Waals surface area (Å²) in [5.74, 6) is 0. The molecule has 0 aliphatic heterocycles. The third-order valence-corrected chi connectivity index (χ3v) is 4.46. The van der Waals surface area contributed by atoms with E-state index >= 15 is 0 Å². The predicted molar refractivity (Wildman–Crippen MR) is 66.0 cm³/mol. The lowest BCUT2D eigenvalue weighted by Crippen LogP contribution is -2.54. The molecule has 1 spiro atoms. The summed E-state index contributed by atoms with van der Waals surface area (Å²) in [4.78, 5) is 0. The van der Waals surface area contributed by atoms with Crippen molar-refractivity contribution in [2.75, 3.05) is 6.54 Å². The van der Waals surface area contributed by atoms with Crippen LogP contribution in [0.25, 0.3) is 0 Å². The van der Waals surface area contributed by atoms with Crippen LogP contribution in [-0.4, -0.2) is 12.6 Å². The third kappa shape index (κ3) is 2.44. The summed E-state index contributed by atoms with van der Waals surface area (Å²) in [6.07, 6.45) is 16.0. The quantitative estimate of drug-likeness (QED) is 0.548. The first-order chi connectivity index (χ1) is 7.37. The maximum absolute atomic E-state index is 3.76. The SMILES string of the molecule is C/C=C/CCNC1CCC12CCCCC2. The lowest BCUT2D eigenvalue weighted by Gasteiger charge is -2.52. The van der Waals surface area contributed by atoms with Crippen molar-refractivity contribution in [2.45, 2.75) is 64.3 Å². The second-order valence-corrected chi connectivity index (χ2v) is 5.33. The van der Waals surface area contributed by atoms with Crippen LogP contribution in [0.3, 0.4) is 0 Å². The molecule has 0 aromatic heterocycles. The molecule has 0 heterocycles. The van der Waals surface area contributed by atoms with E-state index in [1.54, 1.807) is 0 Å². The number of allylic oxidation sites excluding steroid dienone is 1. The molecule has 86 valence electrons. The first-order valence-corrected chi connectivity index (χ1v) is 6.72. The zero-order valence-electron chi connectivity index (χ0n) is 10.1. The minimum atomic E-state index is 0.730. The van der Waals surface area contributed by atoms with Gasteiger partial charge >= 0.3 is 0 Å². The van der Waals surface area contributed by atoms with Gasteiger partial charge in [0.1, 0.15) is 0 Å². The van der Waals surface area contributed by atoms with E-state index in [1.165, 1.54) is 57.9 Å². The van der Waals surface area contributed by atoms with Gasteiger partial charge in [-0.2, -0.15) is 0 Å². The zero-order chi connectivity index (χ0) is 10.6. The van der Waals surface area contributed by atoms with Gasteiger partial charge in [-0.05, 0) is 51.0 Å². The molecule has 1 N–H and O–H groups in total. The van der Waals surface area contributed by atoms with E-state index in [1.807, 2.05) is 0 Å². The van der Waals surface area contributed by atoms with Crippen LogP contribution in [-0.2, 0) is 0 Å². The van der Waals surface area contributed by atoms with Gasteiger partial charge in [0.25, 0.3) is 0 Å². The molecule has 1 heteroatoms. The molecule has 0 aromatic rings. The van der Waals surface area contributed by atoms with Gasteiger partial charge in [0.05, 0.1) is 0 Å². The molecule has 2 saturated carbocycles. The third-order valence-electron chi connectivity index (χ3n) is 4.46. The minimum Gasteiger partial charge on any atom is -0.313 e. The summed E-state index contributed by atoms with van der Waals surface area (Å²) in [6, 6.07) is 0.850. The summed E-state index contributed by atoms with van der Waals surface area (Å²) in [5, 5.41) is 3.76. The van der Waals surface area contributed by atoms with E-state index in [0.717, 1.165) is 11.5 Å². The Balaban J connectivity index is 1.73. The molecular weight excluding hydrogens is 182 g/mol. The predicted octanol–water partition coefficient (Wildman–Crippen LogP) is 3.66. The summed E-state index contributed by atoms with van der Waals surface area (Å²) >= 11 is 0. The molecular formula is C14H25N. The Morgan fingerprint density at radius 2 is 2.00 bits per heavy atom. The highest BCUT2D eigenvalue weighted by molar-refractivity contribution is 5.01. The van der Waals surface area contributed by atoms with E-state index < -0.39 is 0 Å². The summed E-state index contributed by atoms with van der Waals surface area (Å²) in [5.41, 5.74) is 0.730. The lowest BCUT2D eigenvalue weighted by molar-refractivity contribution is 0.0237. The highest BCUT2D eigenvalue weighted by Crippen LogP contribution is 2.51. The Morgan fingerprint density at radius 3 is 2.60 bits per heavy atom. The van der Waals surface area contributed by atoms with Crippen molar-refractivity contribution < 1.29 is 0 Å². The minimum absolute atomic E-state index is 0.730. The molecule has 2 aliphatic rings. The molecule has 2 fully saturated rings. The Bertz CT molecular complexity index is 213. The van der Waals surface area contributed by atoms with Gasteiger partial charge in [-0.1, -0.05) is 31.4 Å². The van der Waals surface area contributed by atoms with Crippen LogP contribution in [0.1, 0.15) is 58.3 Å². The van der Waals surface area contributed by atoms with E-state index in [0.29, 0.717) is 0 Å². The van der Waals surface area contributed by atoms with Crippen LogP contribution in [0.4, 0.5) is 0 Å². The molecule has 1 atom stereocenters. The van der Waals surface area contributed by atoms with Gasteiger partial charge in [0.2, 0.25) is 0 Å². The first-order valence-electron chi connectivity index (χ1n) is 6.72. The molecule has 0 aromatic carbocycles. The molecule has 1 unspecified atom stereocenters. The van der Waals surface area contributed by atoms with Crippen LogP contribution in [0.15, 0.2) is 12.2 Å². The van der Waals surface area contributed by atoms with Crippen molar-refractivity contribution in [3.05, 3.63) is 12.2 Å². The monoisotopic (exact) mass is 207 g/mol. The lowest BCUT2D eigenvalue weighted by atomic mass is 9.57. The normalized spacial score (nSPS) is 29.5. The van der Waals surface area contributed by atoms with E-state index in [2.05, 4.69) is 24.4 Å². The van der Waals surface area contributed by atoms with Gasteiger partial charge in [-0.15, -0.1) is 0 Å². The average molecular weight is 207 g/mol. The van der Waals surface area contributed by atoms with E-state index in [-0.39, 0.29) is 0 Å². The fourth-order valence-electron chi connectivity index (χ4n) is 3.38. The van der Waals surface area contributed by atoms with Crippen molar-refractivity contribution in [3.63, 3.8) is 0 Å². The Kier molecular flexibility index (Phi) is 3.85. The highest BCUT2D eigenvalue weighted by Gasteiger charge is 2.46. The summed E-state index contributed by atoms with van der Waals surface area (Å²) < 4.78 is 0. The second-order valence-electron chi connectivity index (χ2n) is 5.33. The fourth-order valence-corrected chi connectivity index (χ4v) is 3.38. The number of hydrogen-bond donors (Lipinski definition) is 1. The number of rotatable bonds is 4. The van der Waals surface area contributed by atoms with Gasteiger partial charge in [0, 0.05) is 6.04 Å². The second kappa shape index (κ2) is 5.16. The zero-order valence-corrected chi connectivity index (χ0v) is 10.1. The van der Waals surface area contributed by atoms with Crippen LogP contribution in [0.5, 0.6) is 0 Å². The molecule has 0 saturated heterocycles. The Hall–Kier alpha value is -0.300. The highest BCUT2D eigenvalue weighted by atomic mass is 15.0. The topological polar surface area (TPSA) is 12.0 Å². The van der Waals surface area contributed by atoms with E-state index in [9.17, 15) is 0 Å². The van der Waals surface area contributed by atoms with Crippen molar-refractivity contribution >= 4 is 0 Å². The van der Waals surface area contributed by atoms with Crippen LogP contribution in [0.2, 0.25) is 0 Å². The molecule has 0 amide bonds. The van der Waals surface area contributed by atoms with Crippen LogP contribution in [0, 0.1) is 5.41 Å². The molecule has 0 bridgehead atoms. The van der Waals surface area contributed by atoms with Crippen molar-refractivity contribution in [2.24, 2.45) is 5.41 Å². The first kappa shape index (κ1) is 11.2. The van der Waals surface area contributed by atoms with Gasteiger partial charge < -0.3 is 5.32 Å².